The molecule has 0 amide bonds. The second-order valence-corrected chi connectivity index (χ2v) is 7.70. The summed E-state index contributed by atoms with van der Waals surface area (Å²) in [6.45, 7) is 3.64. The lowest BCUT2D eigenvalue weighted by atomic mass is 10.1. The van der Waals surface area contributed by atoms with Gasteiger partial charge in [0.1, 0.15) is 11.6 Å². The molecule has 1 saturated heterocycles. The fourth-order valence-electron chi connectivity index (χ4n) is 2.84. The minimum Gasteiger partial charge on any atom is -0.370 e. The van der Waals surface area contributed by atoms with Crippen LogP contribution in [0.5, 0.6) is 0 Å². The third-order valence-electron chi connectivity index (χ3n) is 4.03. The third kappa shape index (κ3) is 3.84. The highest BCUT2D eigenvalue weighted by Crippen LogP contribution is 2.22. The highest BCUT2D eigenvalue weighted by molar-refractivity contribution is 7.92. The first-order valence-corrected chi connectivity index (χ1v) is 9.43. The molecule has 1 aliphatic rings. The van der Waals surface area contributed by atoms with Gasteiger partial charge in [-0.1, -0.05) is 0 Å². The second kappa shape index (κ2) is 6.76. The molecule has 0 saturated carbocycles. The minimum absolute atomic E-state index is 0.109. The van der Waals surface area contributed by atoms with Crippen LogP contribution in [0.2, 0.25) is 0 Å². The van der Waals surface area contributed by atoms with Crippen LogP contribution in [-0.4, -0.2) is 26.5 Å². The Morgan fingerprint density at radius 3 is 2.50 bits per heavy atom. The van der Waals surface area contributed by atoms with Gasteiger partial charge in [0, 0.05) is 13.1 Å². The smallest absolute Gasteiger partial charge is 0.263 e. The van der Waals surface area contributed by atoms with Crippen LogP contribution in [0, 0.1) is 12.7 Å². The zero-order chi connectivity index (χ0) is 17.2. The first-order valence-electron chi connectivity index (χ1n) is 7.95. The van der Waals surface area contributed by atoms with Gasteiger partial charge in [0.15, 0.2) is 0 Å². The number of aromatic nitrogens is 1. The number of hydrogen-bond donors (Lipinski definition) is 1. The Bertz CT molecular complexity index is 796. The molecule has 7 heteroatoms. The van der Waals surface area contributed by atoms with Crippen molar-refractivity contribution in [1.82, 2.24) is 4.98 Å². The van der Waals surface area contributed by atoms with E-state index >= 15 is 0 Å². The van der Waals surface area contributed by atoms with Gasteiger partial charge in [0.05, 0.1) is 16.8 Å². The van der Waals surface area contributed by atoms with Gasteiger partial charge in [-0.05, 0) is 62.1 Å². The van der Waals surface area contributed by atoms with Gasteiger partial charge >= 0.3 is 0 Å². The summed E-state index contributed by atoms with van der Waals surface area (Å²) in [6, 6.07) is 7.19. The molecule has 1 aromatic heterocycles. The zero-order valence-corrected chi connectivity index (χ0v) is 14.3. The Kier molecular flexibility index (Phi) is 4.71. The second-order valence-electron chi connectivity index (χ2n) is 6.02. The van der Waals surface area contributed by atoms with E-state index in [1.54, 1.807) is 19.2 Å². The number of piperidine rings is 1. The van der Waals surface area contributed by atoms with Gasteiger partial charge in [0.25, 0.3) is 10.0 Å². The lowest BCUT2D eigenvalue weighted by Crippen LogP contribution is -2.29. The van der Waals surface area contributed by atoms with Gasteiger partial charge in [-0.15, -0.1) is 0 Å². The van der Waals surface area contributed by atoms with Gasteiger partial charge in [0.2, 0.25) is 0 Å². The quantitative estimate of drug-likeness (QED) is 0.920. The predicted molar refractivity (Wildman–Crippen MR) is 92.2 cm³/mol. The number of aryl methyl sites for hydroxylation is 1. The number of rotatable bonds is 4. The Morgan fingerprint density at radius 1 is 1.12 bits per heavy atom. The average molecular weight is 349 g/mol. The fourth-order valence-corrected chi connectivity index (χ4v) is 3.96. The molecule has 2 aromatic rings. The molecule has 0 aliphatic carbocycles. The molecule has 128 valence electrons. The maximum atomic E-state index is 13.4. The molecular formula is C17H20FN3O2S. The van der Waals surface area contributed by atoms with Gasteiger partial charge in [-0.25, -0.2) is 17.8 Å². The van der Waals surface area contributed by atoms with Crippen molar-refractivity contribution in [2.24, 2.45) is 0 Å². The maximum Gasteiger partial charge on any atom is 0.263 e. The van der Waals surface area contributed by atoms with Gasteiger partial charge in [-0.2, -0.15) is 0 Å². The van der Waals surface area contributed by atoms with E-state index < -0.39 is 15.8 Å². The number of sulfonamides is 1. The number of pyridine rings is 1. The number of nitrogens with zero attached hydrogens (tertiary/aromatic N) is 2. The van der Waals surface area contributed by atoms with Crippen molar-refractivity contribution in [1.29, 1.82) is 0 Å². The maximum absolute atomic E-state index is 13.4. The van der Waals surface area contributed by atoms with Crippen LogP contribution in [0.4, 0.5) is 15.9 Å². The van der Waals surface area contributed by atoms with Crippen LogP contribution in [0.1, 0.15) is 24.8 Å². The van der Waals surface area contributed by atoms with Crippen molar-refractivity contribution in [3.63, 3.8) is 0 Å². The summed E-state index contributed by atoms with van der Waals surface area (Å²) in [4.78, 5) is 6.32. The minimum atomic E-state index is -3.86. The molecule has 0 bridgehead atoms. The fraction of sp³-hybridized carbons (Fsp3) is 0.353. The Labute approximate surface area is 141 Å². The lowest BCUT2D eigenvalue weighted by molar-refractivity contribution is 0.577. The number of benzene rings is 1. The molecule has 1 N–H and O–H groups in total. The highest BCUT2D eigenvalue weighted by atomic mass is 32.2. The van der Waals surface area contributed by atoms with E-state index in [4.69, 9.17) is 0 Å². The van der Waals surface area contributed by atoms with E-state index in [-0.39, 0.29) is 10.7 Å². The molecule has 0 spiro atoms. The molecule has 0 radical (unpaired) electrons. The SMILES string of the molecule is Cc1cc(F)cc(S(=O)(=O)Nc2ccc(N3CCCCC3)cn2)c1. The number of nitrogens with one attached hydrogen (secondary N) is 1. The summed E-state index contributed by atoms with van der Waals surface area (Å²) in [5.74, 6) is -0.360. The van der Waals surface area contributed by atoms with Crippen LogP contribution in [0.3, 0.4) is 0 Å². The van der Waals surface area contributed by atoms with Crippen LogP contribution >= 0.6 is 0 Å². The van der Waals surface area contributed by atoms with Crippen LogP contribution in [-0.2, 0) is 10.0 Å². The van der Waals surface area contributed by atoms with E-state index in [0.29, 0.717) is 5.56 Å². The van der Waals surface area contributed by atoms with Crippen LogP contribution < -0.4 is 9.62 Å². The first-order chi connectivity index (χ1) is 11.4. The van der Waals surface area contributed by atoms with Crippen molar-refractivity contribution in [3.05, 3.63) is 47.9 Å². The molecule has 0 atom stereocenters. The Hall–Kier alpha value is -2.15. The van der Waals surface area contributed by atoms with E-state index in [9.17, 15) is 12.8 Å². The molecule has 24 heavy (non-hydrogen) atoms. The molecule has 5 nitrogen and oxygen atoms in total. The normalized spacial score (nSPS) is 15.3. The number of hydrogen-bond acceptors (Lipinski definition) is 4. The summed E-state index contributed by atoms with van der Waals surface area (Å²) in [6.07, 6.45) is 5.23. The van der Waals surface area contributed by atoms with Crippen molar-refractivity contribution >= 4 is 21.5 Å². The van der Waals surface area contributed by atoms with Crippen molar-refractivity contribution in [2.45, 2.75) is 31.1 Å². The molecule has 1 aliphatic heterocycles. The van der Waals surface area contributed by atoms with E-state index in [1.807, 2.05) is 6.07 Å². The molecule has 1 fully saturated rings. The molecule has 1 aromatic carbocycles. The molecule has 3 rings (SSSR count). The van der Waals surface area contributed by atoms with Crippen LogP contribution in [0.15, 0.2) is 41.4 Å². The Balaban J connectivity index is 1.77. The molecule has 2 heterocycles. The summed E-state index contributed by atoms with van der Waals surface area (Å²) in [5, 5.41) is 0. The van der Waals surface area contributed by atoms with Gasteiger partial charge in [-0.3, -0.25) is 4.72 Å². The van der Waals surface area contributed by atoms with Gasteiger partial charge < -0.3 is 4.90 Å². The van der Waals surface area contributed by atoms with Crippen molar-refractivity contribution in [2.75, 3.05) is 22.7 Å². The zero-order valence-electron chi connectivity index (χ0n) is 13.5. The summed E-state index contributed by atoms with van der Waals surface area (Å²) < 4.78 is 40.6. The first kappa shape index (κ1) is 16.7. The number of anilines is 2. The monoisotopic (exact) mass is 349 g/mol. The van der Waals surface area contributed by atoms with E-state index in [0.717, 1.165) is 37.7 Å². The summed E-state index contributed by atoms with van der Waals surface area (Å²) in [7, 11) is -3.86. The average Bonchev–Trinajstić information content (AvgIpc) is 2.55. The number of halogens is 1. The van der Waals surface area contributed by atoms with E-state index in [2.05, 4.69) is 14.6 Å². The van der Waals surface area contributed by atoms with E-state index in [1.165, 1.54) is 18.6 Å². The standard InChI is InChI=1S/C17H20FN3O2S/c1-13-9-14(18)11-16(10-13)24(22,23)20-17-6-5-15(12-19-17)21-7-3-2-4-8-21/h5-6,9-12H,2-4,7-8H2,1H3,(H,19,20). The Morgan fingerprint density at radius 2 is 1.88 bits per heavy atom. The van der Waals surface area contributed by atoms with Crippen molar-refractivity contribution < 1.29 is 12.8 Å². The van der Waals surface area contributed by atoms with Crippen molar-refractivity contribution in [3.8, 4) is 0 Å². The summed E-state index contributed by atoms with van der Waals surface area (Å²) in [5.41, 5.74) is 1.53. The largest absolute Gasteiger partial charge is 0.370 e. The lowest BCUT2D eigenvalue weighted by Gasteiger charge is -2.28. The molecule has 0 unspecified atom stereocenters. The van der Waals surface area contributed by atoms with Crippen LogP contribution in [0.25, 0.3) is 0 Å². The highest BCUT2D eigenvalue weighted by Gasteiger charge is 2.17. The molecular weight excluding hydrogens is 329 g/mol. The third-order valence-corrected chi connectivity index (χ3v) is 5.37. The predicted octanol–water partition coefficient (Wildman–Crippen LogP) is 3.32. The topological polar surface area (TPSA) is 62.3 Å². The summed E-state index contributed by atoms with van der Waals surface area (Å²) >= 11 is 0.